The van der Waals surface area contributed by atoms with E-state index in [1.807, 2.05) is 12.1 Å². The van der Waals surface area contributed by atoms with E-state index in [1.165, 1.54) is 18.7 Å². The van der Waals surface area contributed by atoms with Crippen molar-refractivity contribution in [2.45, 2.75) is 18.8 Å². The Morgan fingerprint density at radius 1 is 1.19 bits per heavy atom. The topological polar surface area (TPSA) is 46.6 Å². The van der Waals surface area contributed by atoms with Gasteiger partial charge in [0.05, 0.1) is 7.11 Å². The van der Waals surface area contributed by atoms with Crippen LogP contribution in [0.2, 0.25) is 0 Å². The molecule has 0 aliphatic carbocycles. The molecule has 5 nitrogen and oxygen atoms in total. The second-order valence-corrected chi connectivity index (χ2v) is 6.36. The Morgan fingerprint density at radius 2 is 1.96 bits per heavy atom. The van der Waals surface area contributed by atoms with Gasteiger partial charge in [0.1, 0.15) is 0 Å². The Morgan fingerprint density at radius 3 is 2.67 bits per heavy atom. The number of nitrogens with one attached hydrogen (secondary N) is 1. The van der Waals surface area contributed by atoms with Crippen molar-refractivity contribution < 1.29 is 22.6 Å². The minimum absolute atomic E-state index is 0.0876. The molecule has 0 amide bonds. The number of benzene rings is 1. The fraction of sp³-hybridized carbons (Fsp3) is 0.421. The first-order valence-electron chi connectivity index (χ1n) is 8.67. The van der Waals surface area contributed by atoms with Gasteiger partial charge in [0.15, 0.2) is 18.1 Å². The minimum Gasteiger partial charge on any atom is -0.493 e. The van der Waals surface area contributed by atoms with E-state index in [-0.39, 0.29) is 11.8 Å². The number of hydrogen-bond acceptors (Lipinski definition) is 5. The summed E-state index contributed by atoms with van der Waals surface area (Å²) in [7, 11) is 1.42. The molecule has 27 heavy (non-hydrogen) atoms. The molecule has 1 aliphatic rings. The summed E-state index contributed by atoms with van der Waals surface area (Å²) in [4.78, 5) is 6.40. The van der Waals surface area contributed by atoms with Crippen molar-refractivity contribution >= 4 is 0 Å². The molecule has 1 aromatic heterocycles. The zero-order chi connectivity index (χ0) is 19.3. The Kier molecular flexibility index (Phi) is 6.18. The second-order valence-electron chi connectivity index (χ2n) is 6.36. The van der Waals surface area contributed by atoms with E-state index >= 15 is 0 Å². The van der Waals surface area contributed by atoms with Gasteiger partial charge < -0.3 is 14.8 Å². The molecule has 0 saturated carbocycles. The number of rotatable bonds is 6. The average molecular weight is 381 g/mol. The lowest BCUT2D eigenvalue weighted by atomic mass is 10.0. The molecule has 146 valence electrons. The molecule has 2 aromatic rings. The van der Waals surface area contributed by atoms with Gasteiger partial charge in [0.2, 0.25) is 0 Å². The molecule has 0 bridgehead atoms. The molecule has 1 saturated heterocycles. The van der Waals surface area contributed by atoms with Crippen LogP contribution in [-0.4, -0.2) is 49.4 Å². The molecule has 1 N–H and O–H groups in total. The summed E-state index contributed by atoms with van der Waals surface area (Å²) >= 11 is 0. The van der Waals surface area contributed by atoms with Crippen molar-refractivity contribution in [3.05, 3.63) is 53.9 Å². The van der Waals surface area contributed by atoms with E-state index in [1.54, 1.807) is 24.5 Å². The van der Waals surface area contributed by atoms with Gasteiger partial charge in [-0.25, -0.2) is 0 Å². The van der Waals surface area contributed by atoms with Crippen LogP contribution in [0.4, 0.5) is 13.2 Å². The van der Waals surface area contributed by atoms with Gasteiger partial charge >= 0.3 is 6.18 Å². The van der Waals surface area contributed by atoms with Crippen molar-refractivity contribution in [2.75, 3.05) is 33.4 Å². The minimum atomic E-state index is -4.39. The van der Waals surface area contributed by atoms with E-state index in [9.17, 15) is 13.2 Å². The number of methoxy groups -OCH3 is 1. The van der Waals surface area contributed by atoms with Crippen LogP contribution in [-0.2, 0) is 6.54 Å². The molecule has 1 atom stereocenters. The molecule has 0 spiro atoms. The van der Waals surface area contributed by atoms with Crippen molar-refractivity contribution in [2.24, 2.45) is 0 Å². The summed E-state index contributed by atoms with van der Waals surface area (Å²) in [5.41, 5.74) is 2.13. The highest BCUT2D eigenvalue weighted by molar-refractivity contribution is 5.43. The van der Waals surface area contributed by atoms with Gasteiger partial charge in [-0.3, -0.25) is 9.88 Å². The Hall–Kier alpha value is -2.32. The first-order chi connectivity index (χ1) is 13.0. The average Bonchev–Trinajstić information content (AvgIpc) is 2.67. The third-order valence-electron chi connectivity index (χ3n) is 4.45. The van der Waals surface area contributed by atoms with Gasteiger partial charge in [0.25, 0.3) is 0 Å². The SMILES string of the molecule is COc1cc(CN2CCNCC2c2ccncc2)ccc1OCC(F)(F)F. The van der Waals surface area contributed by atoms with Crippen molar-refractivity contribution in [1.82, 2.24) is 15.2 Å². The van der Waals surface area contributed by atoms with Crippen LogP contribution in [0, 0.1) is 0 Å². The maximum Gasteiger partial charge on any atom is 0.422 e. The number of piperazine rings is 1. The van der Waals surface area contributed by atoms with Crippen molar-refractivity contribution in [1.29, 1.82) is 0 Å². The van der Waals surface area contributed by atoms with E-state index in [2.05, 4.69) is 15.2 Å². The molecule has 8 heteroatoms. The molecule has 1 aromatic carbocycles. The molecule has 2 heterocycles. The number of pyridine rings is 1. The number of nitrogens with zero attached hydrogens (tertiary/aromatic N) is 2. The summed E-state index contributed by atoms with van der Waals surface area (Å²) in [5, 5.41) is 3.40. The lowest BCUT2D eigenvalue weighted by Crippen LogP contribution is -2.45. The normalized spacial score (nSPS) is 18.3. The fourth-order valence-electron chi connectivity index (χ4n) is 3.17. The Labute approximate surface area is 156 Å². The van der Waals surface area contributed by atoms with Gasteiger partial charge in [-0.1, -0.05) is 6.07 Å². The third kappa shape index (κ3) is 5.33. The monoisotopic (exact) mass is 381 g/mol. The number of aromatic nitrogens is 1. The fourth-order valence-corrected chi connectivity index (χ4v) is 3.17. The highest BCUT2D eigenvalue weighted by Gasteiger charge is 2.29. The number of alkyl halides is 3. The Bertz CT molecular complexity index is 741. The Balaban J connectivity index is 1.73. The number of ether oxygens (including phenoxy) is 2. The van der Waals surface area contributed by atoms with Crippen molar-refractivity contribution in [3.63, 3.8) is 0 Å². The molecule has 1 fully saturated rings. The second kappa shape index (κ2) is 8.58. The van der Waals surface area contributed by atoms with Crippen LogP contribution in [0.15, 0.2) is 42.7 Å². The van der Waals surface area contributed by atoms with E-state index in [0.717, 1.165) is 25.2 Å². The molecule has 1 unspecified atom stereocenters. The lowest BCUT2D eigenvalue weighted by molar-refractivity contribution is -0.153. The van der Waals surface area contributed by atoms with Crippen LogP contribution in [0.1, 0.15) is 17.2 Å². The van der Waals surface area contributed by atoms with E-state index in [4.69, 9.17) is 9.47 Å². The van der Waals surface area contributed by atoms with Gasteiger partial charge in [0, 0.05) is 44.6 Å². The molecule has 3 rings (SSSR count). The standard InChI is InChI=1S/C19H22F3N3O2/c1-26-18-10-14(2-3-17(18)27-13-19(20,21)22)12-25-9-8-24-11-16(25)15-4-6-23-7-5-15/h2-7,10,16,24H,8-9,11-13H2,1H3. The molecule has 1 aliphatic heterocycles. The highest BCUT2D eigenvalue weighted by atomic mass is 19.4. The van der Waals surface area contributed by atoms with Crippen LogP contribution >= 0.6 is 0 Å². The zero-order valence-electron chi connectivity index (χ0n) is 15.0. The maximum absolute atomic E-state index is 12.4. The largest absolute Gasteiger partial charge is 0.493 e. The summed E-state index contributed by atoms with van der Waals surface area (Å²) in [6.07, 6.45) is -0.835. The number of halogens is 3. The van der Waals surface area contributed by atoms with Gasteiger partial charge in [-0.15, -0.1) is 0 Å². The van der Waals surface area contributed by atoms with Gasteiger partial charge in [-0.2, -0.15) is 13.2 Å². The predicted molar refractivity (Wildman–Crippen MR) is 94.8 cm³/mol. The van der Waals surface area contributed by atoms with Crippen molar-refractivity contribution in [3.8, 4) is 11.5 Å². The van der Waals surface area contributed by atoms with Crippen LogP contribution in [0.25, 0.3) is 0 Å². The van der Waals surface area contributed by atoms with Crippen LogP contribution < -0.4 is 14.8 Å². The van der Waals surface area contributed by atoms with Gasteiger partial charge in [-0.05, 0) is 35.4 Å². The summed E-state index contributed by atoms with van der Waals surface area (Å²) < 4.78 is 47.2. The van der Waals surface area contributed by atoms with Crippen LogP contribution in [0.3, 0.4) is 0 Å². The lowest BCUT2D eigenvalue weighted by Gasteiger charge is -2.36. The first-order valence-corrected chi connectivity index (χ1v) is 8.67. The third-order valence-corrected chi connectivity index (χ3v) is 4.45. The zero-order valence-corrected chi connectivity index (χ0v) is 15.0. The van der Waals surface area contributed by atoms with Crippen LogP contribution in [0.5, 0.6) is 11.5 Å². The van der Waals surface area contributed by atoms with E-state index in [0.29, 0.717) is 12.3 Å². The first kappa shape index (κ1) is 19.4. The van der Waals surface area contributed by atoms with E-state index < -0.39 is 12.8 Å². The quantitative estimate of drug-likeness (QED) is 0.833. The highest BCUT2D eigenvalue weighted by Crippen LogP contribution is 2.31. The number of hydrogen-bond donors (Lipinski definition) is 1. The molecule has 0 radical (unpaired) electrons. The molecular weight excluding hydrogens is 359 g/mol. The predicted octanol–water partition coefficient (Wildman–Crippen LogP) is 3.18. The summed E-state index contributed by atoms with van der Waals surface area (Å²) in [5.74, 6) is 0.386. The smallest absolute Gasteiger partial charge is 0.422 e. The molecular formula is C19H22F3N3O2. The summed E-state index contributed by atoms with van der Waals surface area (Å²) in [6.45, 7) is 1.89. The summed E-state index contributed by atoms with van der Waals surface area (Å²) in [6, 6.07) is 9.24. The maximum atomic E-state index is 12.4.